The third kappa shape index (κ3) is 11.2. The molecule has 0 aliphatic carbocycles. The minimum Gasteiger partial charge on any atom is -0.744 e. The zero-order valence-electron chi connectivity index (χ0n) is 19.4. The number of hydrogen-bond donors (Lipinski definition) is 0. The van der Waals surface area contributed by atoms with Crippen molar-refractivity contribution in [1.82, 2.24) is 0 Å². The molecule has 0 heterocycles. The molecule has 12 nitrogen and oxygen atoms in total. The van der Waals surface area contributed by atoms with E-state index in [1.54, 1.807) is 0 Å². The monoisotopic (exact) mass is 906 g/mol. The van der Waals surface area contributed by atoms with Crippen LogP contribution in [0.15, 0.2) is 31.7 Å². The van der Waals surface area contributed by atoms with E-state index >= 15 is 0 Å². The van der Waals surface area contributed by atoms with Crippen LogP contribution in [0.4, 0.5) is 0 Å². The van der Waals surface area contributed by atoms with Crippen molar-refractivity contribution in [2.75, 3.05) is 0 Å². The van der Waals surface area contributed by atoms with Crippen molar-refractivity contribution in [2.24, 2.45) is 0 Å². The average Bonchev–Trinajstić information content (AvgIpc) is 2.54. The van der Waals surface area contributed by atoms with Crippen molar-refractivity contribution in [3.8, 4) is 11.1 Å². The third-order valence-corrected chi connectivity index (χ3v) is 10.1. The Balaban J connectivity index is -0.00000272. The van der Waals surface area contributed by atoms with Gasteiger partial charge in [-0.3, -0.25) is 0 Å². The molecule has 36 heavy (non-hydrogen) atoms. The Labute approximate surface area is 406 Å². The van der Waals surface area contributed by atoms with Gasteiger partial charge in [0.15, 0.2) is 0 Å². The first-order valence-corrected chi connectivity index (χ1v) is 15.4. The van der Waals surface area contributed by atoms with Crippen molar-refractivity contribution in [3.05, 3.63) is 30.4 Å². The topological polar surface area (TPSA) is 229 Å². The second-order valence-corrected chi connectivity index (χ2v) is 13.8. The predicted molar refractivity (Wildman–Crippen MR) is 119 cm³/mol. The Morgan fingerprint density at radius 3 is 0.917 bits per heavy atom. The molecular formula is C14H8I2K4O12S4. The maximum Gasteiger partial charge on any atom is 1.00 e. The molecule has 2 rings (SSSR count). The van der Waals surface area contributed by atoms with Gasteiger partial charge in [0.2, 0.25) is 0 Å². The molecule has 0 saturated carbocycles. The summed E-state index contributed by atoms with van der Waals surface area (Å²) in [7, 11) is -22.8. The Kier molecular flexibility index (Phi) is 22.1. The second kappa shape index (κ2) is 17.1. The van der Waals surface area contributed by atoms with Gasteiger partial charge in [0.25, 0.3) is 0 Å². The van der Waals surface area contributed by atoms with Gasteiger partial charge < -0.3 is 18.2 Å². The van der Waals surface area contributed by atoms with Gasteiger partial charge >= 0.3 is 206 Å². The van der Waals surface area contributed by atoms with Crippen LogP contribution in [0.1, 0.15) is 11.1 Å². The molecular weight excluding hydrogens is 899 g/mol. The van der Waals surface area contributed by atoms with Crippen molar-refractivity contribution in [2.45, 2.75) is 33.4 Å². The molecule has 0 aromatic heterocycles. The maximum absolute atomic E-state index is 12.0. The van der Waals surface area contributed by atoms with E-state index in [9.17, 15) is 51.9 Å². The van der Waals surface area contributed by atoms with Crippen LogP contribution in [-0.2, 0) is 40.5 Å². The second-order valence-electron chi connectivity index (χ2n) is 6.19. The summed E-state index contributed by atoms with van der Waals surface area (Å²) in [6.45, 7) is 1.99. The largest absolute Gasteiger partial charge is 1.00 e. The van der Waals surface area contributed by atoms with Crippen LogP contribution in [0, 0.1) is 21.0 Å². The van der Waals surface area contributed by atoms with Gasteiger partial charge in [0, 0.05) is 18.3 Å². The van der Waals surface area contributed by atoms with Crippen LogP contribution < -0.4 is 206 Å². The molecule has 0 spiro atoms. The molecule has 0 amide bonds. The number of hydrogen-bond acceptors (Lipinski definition) is 12. The molecule has 0 radical (unpaired) electrons. The van der Waals surface area contributed by atoms with E-state index in [-0.39, 0.29) is 213 Å². The van der Waals surface area contributed by atoms with Crippen molar-refractivity contribution >= 4 is 85.7 Å². The van der Waals surface area contributed by atoms with Gasteiger partial charge in [-0.2, -0.15) is 0 Å². The van der Waals surface area contributed by atoms with Gasteiger partial charge in [0.05, 0.1) is 19.6 Å². The number of benzene rings is 2. The minimum absolute atomic E-state index is 0. The van der Waals surface area contributed by atoms with E-state index in [1.807, 2.05) is 0 Å². The summed E-state index contributed by atoms with van der Waals surface area (Å²) in [6, 6.07) is 1.13. The fourth-order valence-corrected chi connectivity index (χ4v) is 8.31. The summed E-state index contributed by atoms with van der Waals surface area (Å²) in [5, 5.41) is 0. The molecule has 0 bridgehead atoms. The van der Waals surface area contributed by atoms with Crippen LogP contribution in [0.2, 0.25) is 0 Å². The van der Waals surface area contributed by atoms with Crippen LogP contribution in [-0.4, -0.2) is 51.9 Å². The van der Waals surface area contributed by atoms with Crippen molar-refractivity contribution in [1.29, 1.82) is 0 Å². The molecule has 2 aromatic rings. The summed E-state index contributed by atoms with van der Waals surface area (Å²) in [5.74, 6) is 0. The Morgan fingerprint density at radius 2 is 0.750 bits per heavy atom. The first kappa shape index (κ1) is 46.5. The number of rotatable bonds is 5. The van der Waals surface area contributed by atoms with E-state index in [0.29, 0.717) is 12.1 Å². The van der Waals surface area contributed by atoms with E-state index < -0.39 is 82.3 Å². The molecule has 2 aromatic carbocycles. The Morgan fingerprint density at radius 1 is 0.528 bits per heavy atom. The van der Waals surface area contributed by atoms with Crippen molar-refractivity contribution in [3.63, 3.8) is 0 Å². The molecule has 0 saturated heterocycles. The quantitative estimate of drug-likeness (QED) is 0.155. The molecule has 178 valence electrons. The van der Waals surface area contributed by atoms with Gasteiger partial charge in [-0.25, -0.2) is 33.7 Å². The average molecular weight is 907 g/mol. The predicted octanol–water partition coefficient (Wildman–Crippen LogP) is -11.2. The zero-order chi connectivity index (χ0) is 25.2. The molecule has 0 aliphatic heterocycles. The molecule has 22 heteroatoms. The van der Waals surface area contributed by atoms with Crippen LogP contribution in [0.25, 0.3) is 11.1 Å². The standard InChI is InChI=1S/C14H12I2O12S4.4K/c1-5-7(15)3-9(29(17,18)19)11(13(5)31(23,24)25)12-10(30(20,21)22)4-8(16)6(2)14(12)32(26,27)28;;;;/h3-4H,1-2H3,(H,17,18,19)(H,20,21,22)(H,23,24,25)(H,26,27,28);;;;/q;4*+1/p-4. The minimum atomic E-state index is -5.72. The summed E-state index contributed by atoms with van der Waals surface area (Å²) in [5.41, 5.74) is -3.89. The molecule has 0 atom stereocenters. The number of halogens is 2. The smallest absolute Gasteiger partial charge is 0.744 e. The summed E-state index contributed by atoms with van der Waals surface area (Å²) >= 11 is 2.77. The molecule has 0 unspecified atom stereocenters. The zero-order valence-corrected chi connectivity index (χ0v) is 39.5. The SMILES string of the molecule is Cc1c(I)cc(S(=O)(=O)[O-])c(-c2c(S(=O)(=O)[O-])cc(I)c(C)c2S(=O)(=O)[O-])c1S(=O)(=O)[O-].[K+].[K+].[K+].[K+]. The maximum atomic E-state index is 12.0. The van der Waals surface area contributed by atoms with Gasteiger partial charge in [-0.05, 0) is 82.3 Å². The van der Waals surface area contributed by atoms with Crippen LogP contribution >= 0.6 is 45.2 Å². The van der Waals surface area contributed by atoms with E-state index in [1.165, 1.54) is 45.2 Å². The summed E-state index contributed by atoms with van der Waals surface area (Å²) in [6.07, 6.45) is 0. The van der Waals surface area contributed by atoms with E-state index in [4.69, 9.17) is 0 Å². The van der Waals surface area contributed by atoms with E-state index in [0.717, 1.165) is 13.8 Å². The van der Waals surface area contributed by atoms with Crippen molar-refractivity contribution < 1.29 is 257 Å². The van der Waals surface area contributed by atoms with E-state index in [2.05, 4.69) is 0 Å². The van der Waals surface area contributed by atoms with Gasteiger partial charge in [-0.1, -0.05) is 0 Å². The van der Waals surface area contributed by atoms with Gasteiger partial charge in [0.1, 0.15) is 40.5 Å². The molecule has 0 aliphatic rings. The van der Waals surface area contributed by atoms with Gasteiger partial charge in [-0.15, -0.1) is 0 Å². The fraction of sp³-hybridized carbons (Fsp3) is 0.143. The third-order valence-electron chi connectivity index (χ3n) is 4.15. The Hall–Kier alpha value is 6.09. The normalized spacial score (nSPS) is 11.9. The van der Waals surface area contributed by atoms with Crippen LogP contribution in [0.3, 0.4) is 0 Å². The summed E-state index contributed by atoms with van der Waals surface area (Å²) in [4.78, 5) is -5.93. The van der Waals surface area contributed by atoms with Crippen LogP contribution in [0.5, 0.6) is 0 Å². The first-order chi connectivity index (χ1) is 14.1. The Bertz CT molecular complexity index is 1490. The molecule has 0 N–H and O–H groups in total. The summed E-state index contributed by atoms with van der Waals surface area (Å²) < 4.78 is 143. The fourth-order valence-electron chi connectivity index (χ4n) is 2.90. The molecule has 0 fully saturated rings. The first-order valence-electron chi connectivity index (χ1n) is 7.60.